The summed E-state index contributed by atoms with van der Waals surface area (Å²) in [6.45, 7) is 15.3. The lowest BCUT2D eigenvalue weighted by Crippen LogP contribution is -2.30. The Morgan fingerprint density at radius 2 is 0.940 bits per heavy atom. The zero-order valence-electron chi connectivity index (χ0n) is 38.9. The molecule has 8 aromatic rings. The van der Waals surface area contributed by atoms with Crippen LogP contribution >= 0.6 is 0 Å². The Hall–Kier alpha value is -7.51. The average Bonchev–Trinajstić information content (AvgIpc) is 4.06. The fraction of sp³-hybridized carbons (Fsp3) is 0.278. The molecule has 4 heterocycles. The molecule has 344 valence electrons. The average molecular weight is 901 g/mol. The molecule has 0 saturated heterocycles. The third-order valence-electron chi connectivity index (χ3n) is 12.4. The zero-order valence-corrected chi connectivity index (χ0v) is 38.9. The van der Waals surface area contributed by atoms with Crippen LogP contribution in [0.4, 0.5) is 0 Å². The highest BCUT2D eigenvalue weighted by Gasteiger charge is 2.34. The number of nitrogens with zero attached hydrogens (tertiary/aromatic N) is 6. The quantitative estimate of drug-likeness (QED) is 0.0858. The Balaban J connectivity index is 0.000000200. The number of rotatable bonds is 17. The van der Waals surface area contributed by atoms with Gasteiger partial charge in [-0.05, 0) is 82.6 Å². The van der Waals surface area contributed by atoms with Gasteiger partial charge in [-0.25, -0.2) is 0 Å². The van der Waals surface area contributed by atoms with Gasteiger partial charge in [0.1, 0.15) is 31.3 Å². The van der Waals surface area contributed by atoms with Gasteiger partial charge in [-0.2, -0.15) is 9.97 Å². The Kier molecular flexibility index (Phi) is 15.3. The Morgan fingerprint density at radius 3 is 1.28 bits per heavy atom. The van der Waals surface area contributed by atoms with Crippen LogP contribution in [0.15, 0.2) is 155 Å². The topological polar surface area (TPSA) is 169 Å². The van der Waals surface area contributed by atoms with Crippen molar-refractivity contribution >= 4 is 5.97 Å². The number of aliphatic hydroxyl groups excluding tert-OH is 1. The van der Waals surface area contributed by atoms with Crippen LogP contribution in [0.25, 0.3) is 22.8 Å². The normalized spacial score (nSPS) is 13.0. The van der Waals surface area contributed by atoms with E-state index in [0.717, 1.165) is 34.0 Å². The first-order valence-corrected chi connectivity index (χ1v) is 22.2. The molecular weight excluding hydrogens is 845 g/mol. The molecule has 0 aliphatic rings. The van der Waals surface area contributed by atoms with E-state index in [1.807, 2.05) is 84.9 Å². The number of carbonyl (C=O) groups is 1. The summed E-state index contributed by atoms with van der Waals surface area (Å²) in [5.41, 5.74) is 7.87. The first-order chi connectivity index (χ1) is 32.4. The Morgan fingerprint density at radius 1 is 0.552 bits per heavy atom. The van der Waals surface area contributed by atoms with Crippen molar-refractivity contribution in [3.63, 3.8) is 0 Å². The Labute approximate surface area is 391 Å². The maximum absolute atomic E-state index is 11.0. The number of benzene rings is 4. The monoisotopic (exact) mass is 900 g/mol. The Bertz CT molecular complexity index is 2780. The van der Waals surface area contributed by atoms with E-state index < -0.39 is 5.97 Å². The molecule has 4 aromatic heterocycles. The third kappa shape index (κ3) is 11.5. The lowest BCUT2D eigenvalue weighted by atomic mass is 9.68. The van der Waals surface area contributed by atoms with Crippen molar-refractivity contribution in [3.05, 3.63) is 191 Å². The lowest BCUT2D eigenvalue weighted by molar-refractivity contribution is -0.143. The number of hydrogen-bond acceptors (Lipinski definition) is 13. The molecule has 0 radical (unpaired) electrons. The van der Waals surface area contributed by atoms with Gasteiger partial charge in [0, 0.05) is 41.3 Å². The van der Waals surface area contributed by atoms with E-state index in [9.17, 15) is 4.79 Å². The molecule has 13 heteroatoms. The second-order valence-corrected chi connectivity index (χ2v) is 17.1. The van der Waals surface area contributed by atoms with Gasteiger partial charge in [-0.1, -0.05) is 137 Å². The molecule has 0 saturated carbocycles. The molecule has 0 aliphatic carbocycles. The number of ether oxygens (including phenoxy) is 3. The van der Waals surface area contributed by atoms with Crippen molar-refractivity contribution in [1.29, 1.82) is 0 Å². The highest BCUT2D eigenvalue weighted by Crippen LogP contribution is 2.41. The van der Waals surface area contributed by atoms with Crippen LogP contribution in [0.5, 0.6) is 11.5 Å². The summed E-state index contributed by atoms with van der Waals surface area (Å²) in [5, 5.41) is 17.1. The molecule has 4 aromatic carbocycles. The molecule has 2 atom stereocenters. The highest BCUT2D eigenvalue weighted by molar-refractivity contribution is 5.65. The van der Waals surface area contributed by atoms with Crippen molar-refractivity contribution < 1.29 is 33.2 Å². The minimum atomic E-state index is -0.394. The maximum Gasteiger partial charge on any atom is 0.303 e. The van der Waals surface area contributed by atoms with Gasteiger partial charge in [-0.3, -0.25) is 14.8 Å². The number of hydrogen-bond donors (Lipinski definition) is 1. The number of aromatic nitrogens is 6. The van der Waals surface area contributed by atoms with Gasteiger partial charge in [0.05, 0.1) is 11.4 Å². The van der Waals surface area contributed by atoms with Gasteiger partial charge >= 0.3 is 5.97 Å². The summed E-state index contributed by atoms with van der Waals surface area (Å²) < 4.78 is 26.9. The summed E-state index contributed by atoms with van der Waals surface area (Å²) in [7, 11) is 0. The summed E-state index contributed by atoms with van der Waals surface area (Å²) in [6.07, 6.45) is 3.53. The second-order valence-electron chi connectivity index (χ2n) is 17.1. The van der Waals surface area contributed by atoms with Crippen LogP contribution < -0.4 is 9.47 Å². The number of carbonyl (C=O) groups excluding carboxylic acids is 1. The summed E-state index contributed by atoms with van der Waals surface area (Å²) in [4.78, 5) is 28.1. The molecular formula is C54H56N6O7. The summed E-state index contributed by atoms with van der Waals surface area (Å²) in [5.74, 6) is 3.34. The van der Waals surface area contributed by atoms with Crippen LogP contribution in [0.1, 0.15) is 93.9 Å². The van der Waals surface area contributed by atoms with E-state index in [0.29, 0.717) is 36.7 Å². The molecule has 0 bridgehead atoms. The van der Waals surface area contributed by atoms with E-state index in [4.69, 9.17) is 28.4 Å². The van der Waals surface area contributed by atoms with Gasteiger partial charge in [0.2, 0.25) is 11.6 Å². The third-order valence-corrected chi connectivity index (χ3v) is 12.4. The van der Waals surface area contributed by atoms with E-state index in [1.54, 1.807) is 12.4 Å². The SMILES string of the molecule is CC(=O)OCc1nc(-c2ccc(C(C)(c3ccc(OCc4ccccn4)cc3)C(C)C)cc2)no1.CC(C)C(C)(c1ccc(OCc2ccccn2)cc1)c1ccc(-c2noc(CO)n2)cc1. The van der Waals surface area contributed by atoms with Gasteiger partial charge in [0.25, 0.3) is 11.8 Å². The van der Waals surface area contributed by atoms with Crippen molar-refractivity contribution in [1.82, 2.24) is 30.2 Å². The number of aliphatic hydroxyl groups is 1. The van der Waals surface area contributed by atoms with Crippen LogP contribution in [0, 0.1) is 11.8 Å². The molecule has 0 amide bonds. The minimum absolute atomic E-state index is 0.0343. The van der Waals surface area contributed by atoms with E-state index in [1.165, 1.54) is 29.2 Å². The second kappa shape index (κ2) is 21.7. The summed E-state index contributed by atoms with van der Waals surface area (Å²) in [6, 6.07) is 44.5. The van der Waals surface area contributed by atoms with Crippen LogP contribution in [-0.2, 0) is 46.8 Å². The fourth-order valence-corrected chi connectivity index (χ4v) is 7.70. The molecule has 8 rings (SSSR count). The molecule has 0 aliphatic heterocycles. The van der Waals surface area contributed by atoms with Crippen LogP contribution in [-0.4, -0.2) is 41.3 Å². The van der Waals surface area contributed by atoms with Crippen molar-refractivity contribution in [2.75, 3.05) is 0 Å². The van der Waals surface area contributed by atoms with E-state index in [-0.39, 0.29) is 35.8 Å². The first kappa shape index (κ1) is 47.5. The van der Waals surface area contributed by atoms with Crippen LogP contribution in [0.3, 0.4) is 0 Å². The van der Waals surface area contributed by atoms with E-state index >= 15 is 0 Å². The van der Waals surface area contributed by atoms with Crippen molar-refractivity contribution in [2.24, 2.45) is 11.8 Å². The van der Waals surface area contributed by atoms with Crippen LogP contribution in [0.2, 0.25) is 0 Å². The van der Waals surface area contributed by atoms with Gasteiger partial charge in [0.15, 0.2) is 6.61 Å². The fourth-order valence-electron chi connectivity index (χ4n) is 7.70. The molecule has 13 nitrogen and oxygen atoms in total. The van der Waals surface area contributed by atoms with Gasteiger partial charge in [-0.15, -0.1) is 0 Å². The standard InChI is InChI=1S/C28H29N3O4.C26H27N3O3/c1-19(2)28(4,23-12-14-25(15-13-23)34-17-24-7-5-6-16-29-24)22-10-8-21(9-11-22)27-30-26(35-31-27)18-33-20(3)32;1-18(2)26(3,20-9-7-19(8-10-20)25-28-24(16-30)32-29-25)21-11-13-23(14-12-21)31-17-22-6-4-5-15-27-22/h5-16,19H,17-18H2,1-4H3;4-15,18,30H,16-17H2,1-3H3. The van der Waals surface area contributed by atoms with Crippen molar-refractivity contribution in [2.45, 2.75) is 85.7 Å². The molecule has 0 fully saturated rings. The lowest BCUT2D eigenvalue weighted by Gasteiger charge is -2.35. The maximum atomic E-state index is 11.0. The predicted molar refractivity (Wildman–Crippen MR) is 253 cm³/mol. The summed E-state index contributed by atoms with van der Waals surface area (Å²) >= 11 is 0. The smallest absolute Gasteiger partial charge is 0.303 e. The molecule has 67 heavy (non-hydrogen) atoms. The largest absolute Gasteiger partial charge is 0.487 e. The molecule has 2 unspecified atom stereocenters. The van der Waals surface area contributed by atoms with Gasteiger partial charge < -0.3 is 28.4 Å². The predicted octanol–water partition coefficient (Wildman–Crippen LogP) is 10.9. The molecule has 0 spiro atoms. The highest BCUT2D eigenvalue weighted by atomic mass is 16.6. The van der Waals surface area contributed by atoms with E-state index in [2.05, 4.69) is 120 Å². The van der Waals surface area contributed by atoms with Crippen molar-refractivity contribution in [3.8, 4) is 34.3 Å². The minimum Gasteiger partial charge on any atom is -0.487 e. The number of esters is 1. The first-order valence-electron chi connectivity index (χ1n) is 22.2. The zero-order chi connectivity index (χ0) is 47.4. The molecule has 1 N–H and O–H groups in total. The number of pyridine rings is 2.